The van der Waals surface area contributed by atoms with Gasteiger partial charge in [-0.1, -0.05) is 31.4 Å². The molecule has 6 nitrogen and oxygen atoms in total. The summed E-state index contributed by atoms with van der Waals surface area (Å²) >= 11 is 0. The lowest BCUT2D eigenvalue weighted by molar-refractivity contribution is -0.137. The molecule has 0 bridgehead atoms. The smallest absolute Gasteiger partial charge is 0.307 e. The summed E-state index contributed by atoms with van der Waals surface area (Å²) in [7, 11) is 1.66. The summed E-state index contributed by atoms with van der Waals surface area (Å²) < 4.78 is 5.48. The van der Waals surface area contributed by atoms with E-state index in [0.717, 1.165) is 19.3 Å². The molecule has 0 heterocycles. The van der Waals surface area contributed by atoms with E-state index in [1.54, 1.807) is 31.3 Å². The minimum absolute atomic E-state index is 0.0490. The van der Waals surface area contributed by atoms with Crippen LogP contribution in [0.15, 0.2) is 24.3 Å². The molecule has 1 saturated carbocycles. The van der Waals surface area contributed by atoms with Crippen molar-refractivity contribution >= 4 is 11.9 Å². The van der Waals surface area contributed by atoms with Gasteiger partial charge in [0.05, 0.1) is 12.5 Å². The first-order chi connectivity index (χ1) is 11.5. The molecule has 1 fully saturated rings. The van der Waals surface area contributed by atoms with Crippen LogP contribution in [-0.4, -0.2) is 41.1 Å². The number of rotatable bonds is 6. The molecule has 1 amide bonds. The third-order valence-electron chi connectivity index (χ3n) is 4.55. The minimum atomic E-state index is -0.894. The van der Waals surface area contributed by atoms with Crippen molar-refractivity contribution in [2.24, 2.45) is 0 Å². The van der Waals surface area contributed by atoms with E-state index in [2.05, 4.69) is 6.07 Å². The largest absolute Gasteiger partial charge is 0.484 e. The Hall–Kier alpha value is -2.55. The van der Waals surface area contributed by atoms with Crippen LogP contribution < -0.4 is 4.74 Å². The molecule has 1 N–H and O–H groups in total. The zero-order valence-corrected chi connectivity index (χ0v) is 13.8. The van der Waals surface area contributed by atoms with E-state index in [9.17, 15) is 14.9 Å². The van der Waals surface area contributed by atoms with Crippen molar-refractivity contribution in [3.8, 4) is 11.8 Å². The molecule has 0 spiro atoms. The molecule has 0 radical (unpaired) electrons. The highest BCUT2D eigenvalue weighted by atomic mass is 16.5. The van der Waals surface area contributed by atoms with Crippen LogP contribution in [-0.2, 0) is 16.0 Å². The van der Waals surface area contributed by atoms with Gasteiger partial charge in [0.1, 0.15) is 11.3 Å². The van der Waals surface area contributed by atoms with E-state index in [1.165, 1.54) is 4.90 Å². The summed E-state index contributed by atoms with van der Waals surface area (Å²) in [5.74, 6) is -0.622. The number of hydrogen-bond acceptors (Lipinski definition) is 4. The molecule has 1 aliphatic carbocycles. The predicted octanol–water partition coefficient (Wildman–Crippen LogP) is 2.38. The summed E-state index contributed by atoms with van der Waals surface area (Å²) in [6, 6.07) is 8.93. The number of nitriles is 1. The first kappa shape index (κ1) is 17.8. The van der Waals surface area contributed by atoms with Crippen molar-refractivity contribution in [2.75, 3.05) is 13.7 Å². The molecule has 1 aliphatic rings. The number of benzene rings is 1. The van der Waals surface area contributed by atoms with Crippen LogP contribution in [0.3, 0.4) is 0 Å². The average molecular weight is 330 g/mol. The van der Waals surface area contributed by atoms with E-state index >= 15 is 0 Å². The van der Waals surface area contributed by atoms with Gasteiger partial charge in [-0.25, -0.2) is 0 Å². The number of ether oxygens (including phenoxy) is 1. The first-order valence-corrected chi connectivity index (χ1v) is 8.08. The Morgan fingerprint density at radius 3 is 2.42 bits per heavy atom. The van der Waals surface area contributed by atoms with Crippen molar-refractivity contribution in [1.82, 2.24) is 4.90 Å². The quantitative estimate of drug-likeness (QED) is 0.865. The van der Waals surface area contributed by atoms with Gasteiger partial charge in [-0.05, 0) is 30.5 Å². The number of amides is 1. The highest BCUT2D eigenvalue weighted by Gasteiger charge is 2.38. The highest BCUT2D eigenvalue weighted by Crippen LogP contribution is 2.32. The van der Waals surface area contributed by atoms with Gasteiger partial charge in [-0.15, -0.1) is 0 Å². The Labute approximate surface area is 141 Å². The second kappa shape index (κ2) is 7.82. The Morgan fingerprint density at radius 1 is 1.25 bits per heavy atom. The molecule has 0 unspecified atom stereocenters. The summed E-state index contributed by atoms with van der Waals surface area (Å²) in [6.45, 7) is -0.141. The maximum absolute atomic E-state index is 12.4. The molecule has 1 aromatic rings. The van der Waals surface area contributed by atoms with Crippen molar-refractivity contribution in [3.63, 3.8) is 0 Å². The van der Waals surface area contributed by atoms with Crippen LogP contribution in [0.5, 0.6) is 5.75 Å². The molecule has 2 rings (SSSR count). The minimum Gasteiger partial charge on any atom is -0.484 e. The zero-order chi connectivity index (χ0) is 17.6. The predicted molar refractivity (Wildman–Crippen MR) is 87.5 cm³/mol. The van der Waals surface area contributed by atoms with E-state index < -0.39 is 11.5 Å². The van der Waals surface area contributed by atoms with E-state index in [1.807, 2.05) is 0 Å². The van der Waals surface area contributed by atoms with Crippen LogP contribution in [0.25, 0.3) is 0 Å². The van der Waals surface area contributed by atoms with Crippen molar-refractivity contribution in [1.29, 1.82) is 5.26 Å². The molecule has 128 valence electrons. The fourth-order valence-electron chi connectivity index (χ4n) is 3.02. The molecule has 24 heavy (non-hydrogen) atoms. The number of carbonyl (C=O) groups excluding carboxylic acids is 1. The second-order valence-electron chi connectivity index (χ2n) is 6.16. The van der Waals surface area contributed by atoms with Gasteiger partial charge in [0.25, 0.3) is 5.91 Å². The van der Waals surface area contributed by atoms with Gasteiger partial charge < -0.3 is 14.7 Å². The molecule has 0 aliphatic heterocycles. The molecule has 0 saturated heterocycles. The number of hydrogen-bond donors (Lipinski definition) is 1. The molecule has 1 aromatic carbocycles. The Morgan fingerprint density at radius 2 is 1.88 bits per heavy atom. The lowest BCUT2D eigenvalue weighted by Crippen LogP contribution is -2.51. The monoisotopic (exact) mass is 330 g/mol. The third-order valence-corrected chi connectivity index (χ3v) is 4.55. The Kier molecular flexibility index (Phi) is 5.80. The normalized spacial score (nSPS) is 16.0. The fraction of sp³-hybridized carbons (Fsp3) is 0.500. The third kappa shape index (κ3) is 4.25. The van der Waals surface area contributed by atoms with Gasteiger partial charge in [-0.2, -0.15) is 5.26 Å². The number of nitrogens with zero attached hydrogens (tertiary/aromatic N) is 2. The lowest BCUT2D eigenvalue weighted by Gasteiger charge is -2.38. The van der Waals surface area contributed by atoms with E-state index in [0.29, 0.717) is 24.2 Å². The highest BCUT2D eigenvalue weighted by molar-refractivity contribution is 5.79. The van der Waals surface area contributed by atoms with Crippen molar-refractivity contribution in [2.45, 2.75) is 44.1 Å². The number of carbonyl (C=O) groups is 2. The van der Waals surface area contributed by atoms with Crippen LogP contribution in [0.1, 0.15) is 37.7 Å². The van der Waals surface area contributed by atoms with Crippen LogP contribution in [0, 0.1) is 11.3 Å². The molecule has 6 heteroatoms. The topological polar surface area (TPSA) is 90.6 Å². The summed E-state index contributed by atoms with van der Waals surface area (Å²) in [5.41, 5.74) is -0.0479. The molecular weight excluding hydrogens is 308 g/mol. The van der Waals surface area contributed by atoms with Crippen molar-refractivity contribution in [3.05, 3.63) is 29.8 Å². The Bertz CT molecular complexity index is 627. The van der Waals surface area contributed by atoms with E-state index in [4.69, 9.17) is 9.84 Å². The SMILES string of the molecule is CN(C(=O)COc1ccc(CC(=O)O)cc1)C1(C#N)CCCCC1. The van der Waals surface area contributed by atoms with Gasteiger partial charge in [0.15, 0.2) is 6.61 Å². The van der Waals surface area contributed by atoms with Gasteiger partial charge in [-0.3, -0.25) is 9.59 Å². The first-order valence-electron chi connectivity index (χ1n) is 8.08. The summed E-state index contributed by atoms with van der Waals surface area (Å²) in [6.07, 6.45) is 4.37. The summed E-state index contributed by atoms with van der Waals surface area (Å²) in [4.78, 5) is 24.5. The van der Waals surface area contributed by atoms with E-state index in [-0.39, 0.29) is 18.9 Å². The summed E-state index contributed by atoms with van der Waals surface area (Å²) in [5, 5.41) is 18.3. The average Bonchev–Trinajstić information content (AvgIpc) is 2.60. The van der Waals surface area contributed by atoms with Crippen molar-refractivity contribution < 1.29 is 19.4 Å². The zero-order valence-electron chi connectivity index (χ0n) is 13.8. The molecular formula is C18H22N2O4. The number of carboxylic acids is 1. The number of aliphatic carboxylic acids is 1. The van der Waals surface area contributed by atoms with Gasteiger partial charge >= 0.3 is 5.97 Å². The molecule has 0 atom stereocenters. The standard InChI is InChI=1S/C18H22N2O4/c1-20(18(13-19)9-3-2-4-10-18)16(21)12-24-15-7-5-14(6-8-15)11-17(22)23/h5-8H,2-4,9-12H2,1H3,(H,22,23). The van der Waals surface area contributed by atoms with Gasteiger partial charge in [0.2, 0.25) is 0 Å². The lowest BCUT2D eigenvalue weighted by atomic mass is 9.81. The number of likely N-dealkylation sites (N-methyl/N-ethyl adjacent to an activating group) is 1. The molecule has 0 aromatic heterocycles. The second-order valence-corrected chi connectivity index (χ2v) is 6.16. The van der Waals surface area contributed by atoms with Crippen LogP contribution >= 0.6 is 0 Å². The van der Waals surface area contributed by atoms with Crippen LogP contribution in [0.4, 0.5) is 0 Å². The maximum atomic E-state index is 12.4. The maximum Gasteiger partial charge on any atom is 0.307 e. The number of carboxylic acid groups (broad SMARTS) is 1. The van der Waals surface area contributed by atoms with Crippen LogP contribution in [0.2, 0.25) is 0 Å². The fourth-order valence-corrected chi connectivity index (χ4v) is 3.02. The Balaban J connectivity index is 1.92. The van der Waals surface area contributed by atoms with Gasteiger partial charge in [0, 0.05) is 7.05 Å².